The Balaban J connectivity index is 1.39. The van der Waals surface area contributed by atoms with Crippen LogP contribution in [0.4, 0.5) is 15.3 Å². The number of nitrogens with zero attached hydrogens (tertiary/aromatic N) is 7. The third-order valence-electron chi connectivity index (χ3n) is 4.69. The number of para-hydroxylation sites is 1. The van der Waals surface area contributed by atoms with Gasteiger partial charge in [0, 0.05) is 38.6 Å². The molecule has 7 nitrogen and oxygen atoms in total. The van der Waals surface area contributed by atoms with Crippen molar-refractivity contribution >= 4 is 38.2 Å². The summed E-state index contributed by atoms with van der Waals surface area (Å²) in [7, 11) is 0. The third kappa shape index (κ3) is 2.38. The molecule has 4 heterocycles. The summed E-state index contributed by atoms with van der Waals surface area (Å²) in [4.78, 5) is 13.4. The molecule has 0 atom stereocenters. The van der Waals surface area contributed by atoms with Crippen molar-refractivity contribution in [2.24, 2.45) is 0 Å². The molecule has 0 saturated carbocycles. The molecule has 26 heavy (non-hydrogen) atoms. The first-order valence-corrected chi connectivity index (χ1v) is 9.23. The van der Waals surface area contributed by atoms with Crippen molar-refractivity contribution in [1.82, 2.24) is 24.6 Å². The highest BCUT2D eigenvalue weighted by Crippen LogP contribution is 2.31. The molecular formula is C17H16FN7S. The number of piperazine rings is 1. The first-order valence-electron chi connectivity index (χ1n) is 8.42. The van der Waals surface area contributed by atoms with Crippen LogP contribution in [0.1, 0.15) is 5.82 Å². The van der Waals surface area contributed by atoms with E-state index in [1.807, 2.05) is 23.6 Å². The Labute approximate surface area is 152 Å². The highest BCUT2D eigenvalue weighted by atomic mass is 32.1. The van der Waals surface area contributed by atoms with Gasteiger partial charge < -0.3 is 9.80 Å². The van der Waals surface area contributed by atoms with Crippen LogP contribution in [0.25, 0.3) is 15.9 Å². The van der Waals surface area contributed by atoms with E-state index in [2.05, 4.69) is 30.0 Å². The number of fused-ring (bicyclic) bond motifs is 2. The van der Waals surface area contributed by atoms with Crippen molar-refractivity contribution in [3.63, 3.8) is 0 Å². The van der Waals surface area contributed by atoms with Gasteiger partial charge in [0.2, 0.25) is 5.65 Å². The highest BCUT2D eigenvalue weighted by Gasteiger charge is 2.23. The topological polar surface area (TPSA) is 62.5 Å². The number of halogens is 1. The van der Waals surface area contributed by atoms with Gasteiger partial charge in [-0.25, -0.2) is 14.4 Å². The molecule has 0 spiro atoms. The molecule has 5 rings (SSSR count). The van der Waals surface area contributed by atoms with E-state index >= 15 is 0 Å². The molecule has 0 bridgehead atoms. The number of hydrogen-bond acceptors (Lipinski definition) is 7. The number of aryl methyl sites for hydroxylation is 1. The summed E-state index contributed by atoms with van der Waals surface area (Å²) in [6.45, 7) is 5.14. The summed E-state index contributed by atoms with van der Waals surface area (Å²) in [5, 5.41) is 9.26. The minimum absolute atomic E-state index is 0.262. The molecular weight excluding hydrogens is 353 g/mol. The van der Waals surface area contributed by atoms with E-state index in [4.69, 9.17) is 0 Å². The minimum Gasteiger partial charge on any atom is -0.350 e. The van der Waals surface area contributed by atoms with Crippen molar-refractivity contribution in [2.45, 2.75) is 6.92 Å². The monoisotopic (exact) mass is 369 g/mol. The number of thiazole rings is 1. The Morgan fingerprint density at radius 3 is 2.69 bits per heavy atom. The van der Waals surface area contributed by atoms with Gasteiger partial charge in [-0.2, -0.15) is 0 Å². The third-order valence-corrected chi connectivity index (χ3v) is 5.77. The normalized spacial score (nSPS) is 15.3. The second kappa shape index (κ2) is 5.87. The van der Waals surface area contributed by atoms with E-state index in [0.717, 1.165) is 53.3 Å². The van der Waals surface area contributed by atoms with Gasteiger partial charge in [0.15, 0.2) is 10.9 Å². The van der Waals surface area contributed by atoms with E-state index < -0.39 is 0 Å². The lowest BCUT2D eigenvalue weighted by Crippen LogP contribution is -2.47. The van der Waals surface area contributed by atoms with Crippen molar-refractivity contribution in [3.05, 3.63) is 42.2 Å². The van der Waals surface area contributed by atoms with Gasteiger partial charge in [-0.3, -0.25) is 4.40 Å². The summed E-state index contributed by atoms with van der Waals surface area (Å²) < 4.78 is 16.7. The Bertz CT molecular complexity index is 1100. The minimum atomic E-state index is -0.262. The van der Waals surface area contributed by atoms with Gasteiger partial charge in [0.1, 0.15) is 17.2 Å². The molecule has 1 fully saturated rings. The molecule has 4 aromatic rings. The zero-order valence-corrected chi connectivity index (χ0v) is 14.9. The Morgan fingerprint density at radius 2 is 1.88 bits per heavy atom. The van der Waals surface area contributed by atoms with E-state index in [1.165, 1.54) is 17.4 Å². The average molecular weight is 369 g/mol. The smallest absolute Gasteiger partial charge is 0.203 e. The van der Waals surface area contributed by atoms with Crippen LogP contribution in [0.2, 0.25) is 0 Å². The maximum atomic E-state index is 13.9. The standard InChI is InChI=1S/C17H16FN7S/c1-11-21-22-16-15(19-5-6-25(11)16)23-7-9-24(10-8-23)17-20-14-12(18)3-2-4-13(14)26-17/h2-6H,7-10H2,1H3. The number of hydrogen-bond donors (Lipinski definition) is 0. The quantitative estimate of drug-likeness (QED) is 0.541. The molecule has 1 aliphatic rings. The van der Waals surface area contributed by atoms with Crippen LogP contribution in [0.3, 0.4) is 0 Å². The van der Waals surface area contributed by atoms with E-state index in [1.54, 1.807) is 12.3 Å². The van der Waals surface area contributed by atoms with Gasteiger partial charge in [-0.05, 0) is 19.1 Å². The predicted molar refractivity (Wildman–Crippen MR) is 99.5 cm³/mol. The molecule has 1 saturated heterocycles. The van der Waals surface area contributed by atoms with Gasteiger partial charge in [-0.15, -0.1) is 10.2 Å². The van der Waals surface area contributed by atoms with Gasteiger partial charge >= 0.3 is 0 Å². The SMILES string of the molecule is Cc1nnc2c(N3CCN(c4nc5c(F)cccc5s4)CC3)nccn12. The second-order valence-corrected chi connectivity index (χ2v) is 7.26. The zero-order valence-electron chi connectivity index (χ0n) is 14.1. The lowest BCUT2D eigenvalue weighted by molar-refractivity contribution is 0.634. The van der Waals surface area contributed by atoms with Crippen LogP contribution in [-0.2, 0) is 0 Å². The molecule has 0 N–H and O–H groups in total. The molecule has 9 heteroatoms. The number of rotatable bonds is 2. The van der Waals surface area contributed by atoms with Crippen LogP contribution >= 0.6 is 11.3 Å². The van der Waals surface area contributed by atoms with Crippen molar-refractivity contribution in [3.8, 4) is 0 Å². The maximum absolute atomic E-state index is 13.9. The molecule has 132 valence electrons. The van der Waals surface area contributed by atoms with E-state index in [0.29, 0.717) is 5.52 Å². The fraction of sp³-hybridized carbons (Fsp3) is 0.294. The predicted octanol–water partition coefficient (Wildman–Crippen LogP) is 2.51. The lowest BCUT2D eigenvalue weighted by Gasteiger charge is -2.35. The van der Waals surface area contributed by atoms with Crippen molar-refractivity contribution < 1.29 is 4.39 Å². The number of aromatic nitrogens is 5. The van der Waals surface area contributed by atoms with Crippen LogP contribution in [0.5, 0.6) is 0 Å². The van der Waals surface area contributed by atoms with Gasteiger partial charge in [-0.1, -0.05) is 17.4 Å². The fourth-order valence-electron chi connectivity index (χ4n) is 3.30. The molecule has 3 aromatic heterocycles. The lowest BCUT2D eigenvalue weighted by atomic mass is 10.3. The van der Waals surface area contributed by atoms with Crippen molar-refractivity contribution in [1.29, 1.82) is 0 Å². The summed E-state index contributed by atoms with van der Waals surface area (Å²) in [6, 6.07) is 5.09. The Hall–Kier alpha value is -2.81. The molecule has 0 radical (unpaired) electrons. The van der Waals surface area contributed by atoms with Crippen LogP contribution in [0.15, 0.2) is 30.6 Å². The van der Waals surface area contributed by atoms with Gasteiger partial charge in [0.05, 0.1) is 4.70 Å². The maximum Gasteiger partial charge on any atom is 0.203 e. The summed E-state index contributed by atoms with van der Waals surface area (Å²) in [5.74, 6) is 1.43. The first kappa shape index (κ1) is 15.4. The second-order valence-electron chi connectivity index (χ2n) is 6.25. The van der Waals surface area contributed by atoms with E-state index in [-0.39, 0.29) is 5.82 Å². The van der Waals surface area contributed by atoms with Crippen LogP contribution in [-0.4, -0.2) is 50.7 Å². The molecule has 1 aliphatic heterocycles. The summed E-state index contributed by atoms with van der Waals surface area (Å²) in [6.07, 6.45) is 3.65. The fourth-order valence-corrected chi connectivity index (χ4v) is 4.33. The van der Waals surface area contributed by atoms with Gasteiger partial charge in [0.25, 0.3) is 0 Å². The Kier molecular flexibility index (Phi) is 3.49. The largest absolute Gasteiger partial charge is 0.350 e. The molecule has 0 amide bonds. The van der Waals surface area contributed by atoms with Crippen LogP contribution < -0.4 is 9.80 Å². The Morgan fingerprint density at radius 1 is 1.08 bits per heavy atom. The first-order chi connectivity index (χ1) is 12.7. The summed E-state index contributed by atoms with van der Waals surface area (Å²) >= 11 is 1.54. The number of benzene rings is 1. The summed E-state index contributed by atoms with van der Waals surface area (Å²) in [5.41, 5.74) is 1.24. The molecule has 1 aromatic carbocycles. The molecule has 0 unspecified atom stereocenters. The molecule has 0 aliphatic carbocycles. The zero-order chi connectivity index (χ0) is 17.7. The number of anilines is 2. The highest BCUT2D eigenvalue weighted by molar-refractivity contribution is 7.22. The van der Waals surface area contributed by atoms with Crippen molar-refractivity contribution in [2.75, 3.05) is 36.0 Å². The van der Waals surface area contributed by atoms with E-state index in [9.17, 15) is 4.39 Å². The average Bonchev–Trinajstić information content (AvgIpc) is 3.27. The van der Waals surface area contributed by atoms with Crippen LogP contribution in [0, 0.1) is 12.7 Å².